The highest BCUT2D eigenvalue weighted by Gasteiger charge is 2.32. The quantitative estimate of drug-likeness (QED) is 0.777. The Balaban J connectivity index is 2.31. The van der Waals surface area contributed by atoms with Crippen molar-refractivity contribution in [1.82, 2.24) is 0 Å². The molecule has 1 heterocycles. The van der Waals surface area contributed by atoms with Crippen LogP contribution in [0.15, 0.2) is 18.2 Å². The normalized spacial score (nSPS) is 15.9. The van der Waals surface area contributed by atoms with E-state index in [9.17, 15) is 4.57 Å². The summed E-state index contributed by atoms with van der Waals surface area (Å²) in [4.78, 5) is 0. The summed E-state index contributed by atoms with van der Waals surface area (Å²) in [6.45, 7) is 2.02. The highest BCUT2D eigenvalue weighted by molar-refractivity contribution is 7.54. The van der Waals surface area contributed by atoms with E-state index < -0.39 is 7.60 Å². The minimum Gasteiger partial charge on any atom is -0.454 e. The molecule has 0 N–H and O–H groups in total. The molecule has 0 spiro atoms. The monoisotopic (exact) mass is 258 g/mol. The highest BCUT2D eigenvalue weighted by atomic mass is 31.2. The molecule has 1 unspecified atom stereocenters. The predicted octanol–water partition coefficient (Wildman–Crippen LogP) is 2.96. The van der Waals surface area contributed by atoms with Gasteiger partial charge in [0.2, 0.25) is 6.79 Å². The third-order valence-corrected chi connectivity index (χ3v) is 5.13. The van der Waals surface area contributed by atoms with Crippen molar-refractivity contribution in [2.45, 2.75) is 12.6 Å². The molecule has 6 heteroatoms. The smallest absolute Gasteiger partial charge is 0.337 e. The molecule has 0 bridgehead atoms. The molecule has 1 atom stereocenters. The maximum absolute atomic E-state index is 12.2. The molecule has 0 saturated carbocycles. The molecule has 94 valence electrons. The first-order valence-electron chi connectivity index (χ1n) is 5.21. The second kappa shape index (κ2) is 4.69. The van der Waals surface area contributed by atoms with E-state index in [0.29, 0.717) is 11.5 Å². The number of hydrogen-bond donors (Lipinski definition) is 0. The van der Waals surface area contributed by atoms with Crippen LogP contribution < -0.4 is 9.47 Å². The molecule has 1 aliphatic rings. The van der Waals surface area contributed by atoms with Crippen molar-refractivity contribution in [1.29, 1.82) is 0 Å². The Hall–Kier alpha value is -1.03. The third kappa shape index (κ3) is 2.18. The van der Waals surface area contributed by atoms with Gasteiger partial charge in [0.25, 0.3) is 0 Å². The number of rotatable bonds is 4. The lowest BCUT2D eigenvalue weighted by atomic mass is 10.1. The van der Waals surface area contributed by atoms with Crippen LogP contribution in [0, 0.1) is 0 Å². The van der Waals surface area contributed by atoms with Crippen LogP contribution in [0.3, 0.4) is 0 Å². The van der Waals surface area contributed by atoms with E-state index >= 15 is 0 Å². The molecule has 17 heavy (non-hydrogen) atoms. The molecule has 2 rings (SSSR count). The minimum atomic E-state index is -3.12. The van der Waals surface area contributed by atoms with Crippen molar-refractivity contribution in [3.05, 3.63) is 23.8 Å². The molecular weight excluding hydrogens is 243 g/mol. The van der Waals surface area contributed by atoms with E-state index in [4.69, 9.17) is 18.5 Å². The van der Waals surface area contributed by atoms with Gasteiger partial charge < -0.3 is 18.5 Å². The molecule has 0 aromatic heterocycles. The summed E-state index contributed by atoms with van der Waals surface area (Å²) in [5.74, 6) is 1.36. The van der Waals surface area contributed by atoms with Gasteiger partial charge in [-0.05, 0) is 24.6 Å². The van der Waals surface area contributed by atoms with Gasteiger partial charge >= 0.3 is 7.60 Å². The fourth-order valence-electron chi connectivity index (χ4n) is 1.75. The second-order valence-electron chi connectivity index (χ2n) is 3.69. The van der Waals surface area contributed by atoms with E-state index in [-0.39, 0.29) is 12.5 Å². The van der Waals surface area contributed by atoms with Crippen molar-refractivity contribution in [3.63, 3.8) is 0 Å². The van der Waals surface area contributed by atoms with E-state index in [0.717, 1.165) is 5.56 Å². The van der Waals surface area contributed by atoms with E-state index in [1.165, 1.54) is 14.2 Å². The van der Waals surface area contributed by atoms with Gasteiger partial charge in [0.15, 0.2) is 11.5 Å². The topological polar surface area (TPSA) is 54.0 Å². The summed E-state index contributed by atoms with van der Waals surface area (Å²) in [6.07, 6.45) is 0. The van der Waals surface area contributed by atoms with Gasteiger partial charge in [-0.25, -0.2) is 0 Å². The Morgan fingerprint density at radius 3 is 2.53 bits per heavy atom. The maximum atomic E-state index is 12.2. The molecule has 1 aromatic carbocycles. The van der Waals surface area contributed by atoms with Crippen molar-refractivity contribution in [3.8, 4) is 11.5 Å². The van der Waals surface area contributed by atoms with E-state index in [1.807, 2.05) is 6.07 Å². The molecular formula is C11H15O5P. The Kier molecular flexibility index (Phi) is 3.43. The third-order valence-electron chi connectivity index (χ3n) is 2.86. The van der Waals surface area contributed by atoms with Crippen LogP contribution in [0.1, 0.15) is 18.1 Å². The zero-order valence-corrected chi connectivity index (χ0v) is 10.9. The molecule has 1 aliphatic heterocycles. The maximum Gasteiger partial charge on any atom is 0.337 e. The minimum absolute atomic E-state index is 0.222. The lowest BCUT2D eigenvalue weighted by Crippen LogP contribution is -1.99. The van der Waals surface area contributed by atoms with Crippen molar-refractivity contribution in [2.75, 3.05) is 21.0 Å². The van der Waals surface area contributed by atoms with Crippen molar-refractivity contribution in [2.24, 2.45) is 0 Å². The molecule has 0 aliphatic carbocycles. The van der Waals surface area contributed by atoms with Crippen LogP contribution in [0.4, 0.5) is 0 Å². The van der Waals surface area contributed by atoms with Gasteiger partial charge in [0.1, 0.15) is 0 Å². The first kappa shape index (κ1) is 12.4. The largest absolute Gasteiger partial charge is 0.454 e. The number of ether oxygens (including phenoxy) is 2. The van der Waals surface area contributed by atoms with Crippen LogP contribution in [0.25, 0.3) is 0 Å². The Labute approximate surface area is 100 Å². The Morgan fingerprint density at radius 2 is 1.88 bits per heavy atom. The Bertz CT molecular complexity index is 451. The lowest BCUT2D eigenvalue weighted by molar-refractivity contribution is 0.174. The first-order chi connectivity index (χ1) is 8.10. The summed E-state index contributed by atoms with van der Waals surface area (Å²) < 4.78 is 32.7. The highest BCUT2D eigenvalue weighted by Crippen LogP contribution is 2.60. The van der Waals surface area contributed by atoms with Crippen LogP contribution in [0.2, 0.25) is 0 Å². The van der Waals surface area contributed by atoms with E-state index in [2.05, 4.69) is 0 Å². The number of hydrogen-bond acceptors (Lipinski definition) is 5. The van der Waals surface area contributed by atoms with Crippen LogP contribution in [0.5, 0.6) is 11.5 Å². The summed E-state index contributed by atoms with van der Waals surface area (Å²) in [7, 11) is -0.350. The fourth-order valence-corrected chi connectivity index (χ4v) is 3.05. The van der Waals surface area contributed by atoms with Crippen LogP contribution in [-0.2, 0) is 13.6 Å². The van der Waals surface area contributed by atoms with Crippen molar-refractivity contribution >= 4 is 7.60 Å². The lowest BCUT2D eigenvalue weighted by Gasteiger charge is -2.21. The predicted molar refractivity (Wildman–Crippen MR) is 62.6 cm³/mol. The zero-order chi connectivity index (χ0) is 12.5. The zero-order valence-electron chi connectivity index (χ0n) is 10.0. The fraction of sp³-hybridized carbons (Fsp3) is 0.455. The van der Waals surface area contributed by atoms with E-state index in [1.54, 1.807) is 19.1 Å². The van der Waals surface area contributed by atoms with Gasteiger partial charge in [-0.2, -0.15) is 0 Å². The van der Waals surface area contributed by atoms with Crippen molar-refractivity contribution < 1.29 is 23.1 Å². The number of benzene rings is 1. The summed E-state index contributed by atoms with van der Waals surface area (Å²) in [5.41, 5.74) is 0.480. The average molecular weight is 258 g/mol. The molecule has 0 radical (unpaired) electrons. The summed E-state index contributed by atoms with van der Waals surface area (Å²) in [5, 5.41) is 0. The summed E-state index contributed by atoms with van der Waals surface area (Å²) >= 11 is 0. The second-order valence-corrected chi connectivity index (χ2v) is 6.28. The molecule has 0 amide bonds. The van der Waals surface area contributed by atoms with Gasteiger partial charge in [0, 0.05) is 14.2 Å². The van der Waals surface area contributed by atoms with Gasteiger partial charge in [0.05, 0.1) is 5.66 Å². The average Bonchev–Trinajstić information content (AvgIpc) is 2.84. The molecule has 5 nitrogen and oxygen atoms in total. The molecule has 0 saturated heterocycles. The van der Waals surface area contributed by atoms with Crippen LogP contribution in [-0.4, -0.2) is 21.0 Å². The Morgan fingerprint density at radius 1 is 1.24 bits per heavy atom. The van der Waals surface area contributed by atoms with Gasteiger partial charge in [-0.1, -0.05) is 6.07 Å². The number of fused-ring (bicyclic) bond motifs is 1. The standard InChI is InChI=1S/C11H15O5P/c1-8(17(12,13-2)14-3)9-4-5-10-11(6-9)16-7-15-10/h4-6,8H,7H2,1-3H3. The van der Waals surface area contributed by atoms with Crippen LogP contribution >= 0.6 is 7.60 Å². The molecule has 0 fully saturated rings. The van der Waals surface area contributed by atoms with Gasteiger partial charge in [-0.3, -0.25) is 4.57 Å². The SMILES string of the molecule is COP(=O)(OC)C(C)c1ccc2c(c1)OCO2. The first-order valence-corrected chi connectivity index (χ1v) is 6.82. The molecule has 1 aromatic rings. The van der Waals surface area contributed by atoms with Gasteiger partial charge in [-0.15, -0.1) is 0 Å². The summed E-state index contributed by atoms with van der Waals surface area (Å²) in [6, 6.07) is 5.43.